The molecule has 1 aliphatic carbocycles. The highest BCUT2D eigenvalue weighted by molar-refractivity contribution is 5.75. The minimum atomic E-state index is -3.80. The number of carbonyl (C=O) groups is 1. The summed E-state index contributed by atoms with van der Waals surface area (Å²) in [6.45, 7) is 0. The van der Waals surface area contributed by atoms with Gasteiger partial charge in [-0.05, 0) is 31.8 Å². The zero-order chi connectivity index (χ0) is 9.90. The van der Waals surface area contributed by atoms with E-state index in [0.29, 0.717) is 24.5 Å². The van der Waals surface area contributed by atoms with Gasteiger partial charge in [-0.3, -0.25) is 0 Å². The number of carboxylic acid groups (broad SMARTS) is 1. The van der Waals surface area contributed by atoms with Crippen molar-refractivity contribution in [2.45, 2.75) is 38.0 Å². The van der Waals surface area contributed by atoms with Crippen molar-refractivity contribution in [3.8, 4) is 0 Å². The summed E-state index contributed by atoms with van der Waals surface area (Å²) < 4.78 is 25.2. The fourth-order valence-electron chi connectivity index (χ4n) is 1.47. The van der Waals surface area contributed by atoms with Crippen molar-refractivity contribution in [1.82, 2.24) is 0 Å². The van der Waals surface area contributed by atoms with Crippen LogP contribution >= 0.6 is 0 Å². The van der Waals surface area contributed by atoms with Gasteiger partial charge in [0.15, 0.2) is 0 Å². The van der Waals surface area contributed by atoms with Crippen LogP contribution in [0, 0.1) is 0 Å². The highest BCUT2D eigenvalue weighted by atomic mass is 19.3. The molecule has 0 bridgehead atoms. The molecule has 0 aliphatic heterocycles. The third-order valence-corrected chi connectivity index (χ3v) is 2.15. The average molecular weight is 189 g/mol. The van der Waals surface area contributed by atoms with Crippen LogP contribution in [-0.2, 0) is 4.79 Å². The summed E-state index contributed by atoms with van der Waals surface area (Å²) in [6.07, 6.45) is 4.49. The Balaban J connectivity index is 2.67. The Bertz CT molecular complexity index is 226. The fourth-order valence-corrected chi connectivity index (χ4v) is 1.47. The normalized spacial score (nSPS) is 18.5. The number of hydrogen-bond donors (Lipinski definition) is 0. The minimum absolute atomic E-state index is 0.542. The van der Waals surface area contributed by atoms with Crippen molar-refractivity contribution < 1.29 is 18.7 Å². The molecule has 1 aliphatic rings. The van der Waals surface area contributed by atoms with Gasteiger partial charge in [-0.1, -0.05) is 12.0 Å². The first kappa shape index (κ1) is 10.2. The molecule has 0 N–H and O–H groups in total. The zero-order valence-corrected chi connectivity index (χ0v) is 7.19. The van der Waals surface area contributed by atoms with E-state index in [2.05, 4.69) is 0 Å². The van der Waals surface area contributed by atoms with Gasteiger partial charge in [-0.15, -0.1) is 0 Å². The number of carbonyl (C=O) groups excluding carboxylic acids is 1. The number of hydrogen-bond acceptors (Lipinski definition) is 2. The molecular formula is C9H11F2O2-. The van der Waals surface area contributed by atoms with E-state index in [0.717, 1.165) is 19.3 Å². The lowest BCUT2D eigenvalue weighted by Crippen LogP contribution is -2.40. The van der Waals surface area contributed by atoms with Gasteiger partial charge >= 0.3 is 5.92 Å². The number of alkyl halides is 2. The monoisotopic (exact) mass is 189 g/mol. The number of halogens is 2. The van der Waals surface area contributed by atoms with Crippen molar-refractivity contribution in [3.05, 3.63) is 11.6 Å². The van der Waals surface area contributed by atoms with Crippen molar-refractivity contribution in [1.29, 1.82) is 0 Å². The second kappa shape index (κ2) is 3.85. The van der Waals surface area contributed by atoms with Gasteiger partial charge in [0, 0.05) is 0 Å². The second-order valence-corrected chi connectivity index (χ2v) is 3.27. The van der Waals surface area contributed by atoms with E-state index in [1.165, 1.54) is 0 Å². The molecule has 0 aromatic carbocycles. The van der Waals surface area contributed by atoms with E-state index in [1.54, 1.807) is 0 Å². The van der Waals surface area contributed by atoms with Crippen LogP contribution in [0.15, 0.2) is 11.6 Å². The van der Waals surface area contributed by atoms with Crippen LogP contribution in [0.4, 0.5) is 8.78 Å². The first-order valence-corrected chi connectivity index (χ1v) is 4.32. The third kappa shape index (κ3) is 2.79. The molecule has 1 rings (SSSR count). The standard InChI is InChI=1S/C9H12F2O2/c10-9(11,8(12)13)6-7-4-2-1-3-5-7/h6H,1-5H2,(H,12,13)/p-1. The Labute approximate surface area is 75.3 Å². The maximum Gasteiger partial charge on any atom is 0.305 e. The summed E-state index contributed by atoms with van der Waals surface area (Å²) >= 11 is 0. The van der Waals surface area contributed by atoms with Crippen molar-refractivity contribution in [2.24, 2.45) is 0 Å². The fraction of sp³-hybridized carbons (Fsp3) is 0.667. The Kier molecular flexibility index (Phi) is 3.01. The summed E-state index contributed by atoms with van der Waals surface area (Å²) in [6, 6.07) is 0. The summed E-state index contributed by atoms with van der Waals surface area (Å²) in [5.74, 6) is -6.11. The molecule has 1 saturated carbocycles. The lowest BCUT2D eigenvalue weighted by Gasteiger charge is -2.18. The van der Waals surface area contributed by atoms with Gasteiger partial charge in [0.2, 0.25) is 0 Å². The predicted octanol–water partition coefficient (Wildman–Crippen LogP) is 1.26. The van der Waals surface area contributed by atoms with Crippen molar-refractivity contribution >= 4 is 5.97 Å². The molecule has 74 valence electrons. The zero-order valence-electron chi connectivity index (χ0n) is 7.19. The van der Waals surface area contributed by atoms with Crippen molar-refractivity contribution in [2.75, 3.05) is 0 Å². The summed E-state index contributed by atoms with van der Waals surface area (Å²) in [7, 11) is 0. The predicted molar refractivity (Wildman–Crippen MR) is 41.1 cm³/mol. The van der Waals surface area contributed by atoms with Gasteiger partial charge in [0.05, 0.1) is 0 Å². The van der Waals surface area contributed by atoms with E-state index in [1.807, 2.05) is 0 Å². The van der Waals surface area contributed by atoms with Crippen LogP contribution < -0.4 is 5.11 Å². The summed E-state index contributed by atoms with van der Waals surface area (Å²) in [4.78, 5) is 9.99. The number of aliphatic carboxylic acids is 1. The Morgan fingerprint density at radius 3 is 2.31 bits per heavy atom. The van der Waals surface area contributed by atoms with Crippen LogP contribution in [0.2, 0.25) is 0 Å². The molecule has 2 nitrogen and oxygen atoms in total. The first-order valence-electron chi connectivity index (χ1n) is 4.32. The van der Waals surface area contributed by atoms with E-state index in [9.17, 15) is 18.7 Å². The lowest BCUT2D eigenvalue weighted by molar-refractivity contribution is -0.325. The Hall–Kier alpha value is -0.930. The molecule has 4 heteroatoms. The molecule has 0 aromatic heterocycles. The molecule has 0 unspecified atom stereocenters. The second-order valence-electron chi connectivity index (χ2n) is 3.27. The van der Waals surface area contributed by atoms with Gasteiger partial charge in [0.1, 0.15) is 5.97 Å². The maximum atomic E-state index is 12.6. The first-order chi connectivity index (χ1) is 6.02. The Morgan fingerprint density at radius 2 is 1.85 bits per heavy atom. The van der Waals surface area contributed by atoms with Gasteiger partial charge < -0.3 is 9.90 Å². The number of rotatable bonds is 2. The Morgan fingerprint density at radius 1 is 1.31 bits per heavy atom. The molecule has 0 aromatic rings. The van der Waals surface area contributed by atoms with Crippen LogP contribution in [0.5, 0.6) is 0 Å². The largest absolute Gasteiger partial charge is 0.544 e. The lowest BCUT2D eigenvalue weighted by atomic mass is 9.94. The molecule has 13 heavy (non-hydrogen) atoms. The molecule has 0 radical (unpaired) electrons. The molecule has 0 amide bonds. The number of allylic oxidation sites excluding steroid dienone is 1. The summed E-state index contributed by atoms with van der Waals surface area (Å²) in [5.41, 5.74) is 0.542. The van der Waals surface area contributed by atoms with Gasteiger partial charge in [0.25, 0.3) is 0 Å². The van der Waals surface area contributed by atoms with E-state index in [4.69, 9.17) is 0 Å². The topological polar surface area (TPSA) is 40.1 Å². The smallest absolute Gasteiger partial charge is 0.305 e. The SMILES string of the molecule is O=C([O-])C(F)(F)C=C1CCCCC1. The average Bonchev–Trinajstić information content (AvgIpc) is 2.05. The molecule has 1 fully saturated rings. The van der Waals surface area contributed by atoms with Gasteiger partial charge in [-0.2, -0.15) is 8.78 Å². The maximum absolute atomic E-state index is 12.6. The number of carboxylic acids is 1. The molecule has 0 atom stereocenters. The highest BCUT2D eigenvalue weighted by Crippen LogP contribution is 2.27. The molecule has 0 saturated heterocycles. The van der Waals surface area contributed by atoms with Crippen LogP contribution in [0.1, 0.15) is 32.1 Å². The molecule has 0 heterocycles. The van der Waals surface area contributed by atoms with Crippen LogP contribution in [-0.4, -0.2) is 11.9 Å². The van der Waals surface area contributed by atoms with E-state index < -0.39 is 11.9 Å². The summed E-state index contributed by atoms with van der Waals surface area (Å²) in [5, 5.41) is 9.99. The van der Waals surface area contributed by atoms with Crippen LogP contribution in [0.25, 0.3) is 0 Å². The van der Waals surface area contributed by atoms with Crippen LogP contribution in [0.3, 0.4) is 0 Å². The minimum Gasteiger partial charge on any atom is -0.544 e. The van der Waals surface area contributed by atoms with Crippen molar-refractivity contribution in [3.63, 3.8) is 0 Å². The highest BCUT2D eigenvalue weighted by Gasteiger charge is 2.28. The third-order valence-electron chi connectivity index (χ3n) is 2.15. The van der Waals surface area contributed by atoms with Gasteiger partial charge in [-0.25, -0.2) is 0 Å². The van der Waals surface area contributed by atoms with E-state index >= 15 is 0 Å². The van der Waals surface area contributed by atoms with E-state index in [-0.39, 0.29) is 0 Å². The quantitative estimate of drug-likeness (QED) is 0.613. The molecule has 0 spiro atoms. The molecular weight excluding hydrogens is 178 g/mol.